The van der Waals surface area contributed by atoms with Crippen molar-refractivity contribution < 1.29 is 4.79 Å². The summed E-state index contributed by atoms with van der Waals surface area (Å²) in [6.07, 6.45) is 9.63. The van der Waals surface area contributed by atoms with Crippen molar-refractivity contribution in [3.8, 4) is 0 Å². The number of nitrogens with one attached hydrogen (secondary N) is 1. The van der Waals surface area contributed by atoms with Crippen LogP contribution in [0.25, 0.3) is 0 Å². The van der Waals surface area contributed by atoms with Gasteiger partial charge in [-0.25, -0.2) is 0 Å². The van der Waals surface area contributed by atoms with Gasteiger partial charge in [-0.15, -0.1) is 0 Å². The molecule has 3 atom stereocenters. The van der Waals surface area contributed by atoms with Gasteiger partial charge in [-0.1, -0.05) is 26.2 Å². The predicted octanol–water partition coefficient (Wildman–Crippen LogP) is 3.30. The van der Waals surface area contributed by atoms with E-state index in [9.17, 15) is 4.79 Å². The molecule has 2 aliphatic rings. The Bertz CT molecular complexity index is 268. The minimum Gasteiger partial charge on any atom is -0.305 e. The summed E-state index contributed by atoms with van der Waals surface area (Å²) in [5, 5.41) is 3.49. The highest BCUT2D eigenvalue weighted by molar-refractivity contribution is 5.90. The maximum absolute atomic E-state index is 12.8. The lowest BCUT2D eigenvalue weighted by Crippen LogP contribution is -2.55. The van der Waals surface area contributed by atoms with Crippen molar-refractivity contribution in [2.24, 2.45) is 11.8 Å². The monoisotopic (exact) mass is 237 g/mol. The molecule has 2 heteroatoms. The lowest BCUT2D eigenvalue weighted by atomic mass is 9.70. The van der Waals surface area contributed by atoms with Crippen LogP contribution in [-0.4, -0.2) is 17.9 Å². The molecule has 17 heavy (non-hydrogen) atoms. The summed E-state index contributed by atoms with van der Waals surface area (Å²) in [6, 6.07) is 0. The van der Waals surface area contributed by atoms with Gasteiger partial charge in [0.2, 0.25) is 0 Å². The molecule has 98 valence electrons. The number of hydrogen-bond acceptors (Lipinski definition) is 2. The van der Waals surface area contributed by atoms with E-state index in [1.165, 1.54) is 38.5 Å². The average molecular weight is 237 g/mol. The summed E-state index contributed by atoms with van der Waals surface area (Å²) in [6.45, 7) is 5.40. The molecule has 0 aromatic heterocycles. The Labute approximate surface area is 106 Å². The minimum atomic E-state index is -0.215. The zero-order valence-corrected chi connectivity index (χ0v) is 11.4. The van der Waals surface area contributed by atoms with Crippen molar-refractivity contribution in [3.63, 3.8) is 0 Å². The zero-order chi connectivity index (χ0) is 12.3. The van der Waals surface area contributed by atoms with E-state index < -0.39 is 0 Å². The molecule has 0 aromatic rings. The van der Waals surface area contributed by atoms with Gasteiger partial charge >= 0.3 is 0 Å². The van der Waals surface area contributed by atoms with Gasteiger partial charge in [0.25, 0.3) is 0 Å². The lowest BCUT2D eigenvalue weighted by molar-refractivity contribution is -0.132. The third-order valence-electron chi connectivity index (χ3n) is 4.93. The maximum atomic E-state index is 12.8. The van der Waals surface area contributed by atoms with Crippen molar-refractivity contribution >= 4 is 5.78 Å². The molecule has 0 amide bonds. The molecule has 1 N–H and O–H groups in total. The lowest BCUT2D eigenvalue weighted by Gasteiger charge is -2.40. The number of carbonyl (C=O) groups is 1. The van der Waals surface area contributed by atoms with E-state index in [-0.39, 0.29) is 5.54 Å². The minimum absolute atomic E-state index is 0.215. The van der Waals surface area contributed by atoms with Crippen molar-refractivity contribution in [2.45, 2.75) is 70.8 Å². The molecule has 1 aliphatic carbocycles. The summed E-state index contributed by atoms with van der Waals surface area (Å²) in [5.41, 5.74) is -0.215. The molecule has 0 spiro atoms. The van der Waals surface area contributed by atoms with Crippen molar-refractivity contribution in [1.29, 1.82) is 0 Å². The Morgan fingerprint density at radius 1 is 1.24 bits per heavy atom. The third-order valence-corrected chi connectivity index (χ3v) is 4.93. The van der Waals surface area contributed by atoms with E-state index in [0.29, 0.717) is 17.6 Å². The fraction of sp³-hybridized carbons (Fsp3) is 0.933. The first-order chi connectivity index (χ1) is 8.17. The fourth-order valence-electron chi connectivity index (χ4n) is 3.72. The fourth-order valence-corrected chi connectivity index (χ4v) is 3.72. The molecule has 1 heterocycles. The number of Topliss-reactive ketones (excluding diaryl/α,β-unsaturated/α-hetero) is 1. The normalized spacial score (nSPS) is 38.9. The summed E-state index contributed by atoms with van der Waals surface area (Å²) >= 11 is 0. The van der Waals surface area contributed by atoms with Gasteiger partial charge in [0, 0.05) is 5.92 Å². The predicted molar refractivity (Wildman–Crippen MR) is 71.0 cm³/mol. The molecule has 2 nitrogen and oxygen atoms in total. The second kappa shape index (κ2) is 5.51. The number of ketones is 1. The Balaban J connectivity index is 2.06. The van der Waals surface area contributed by atoms with Crippen LogP contribution in [-0.2, 0) is 4.79 Å². The second-order valence-corrected chi connectivity index (χ2v) is 6.14. The smallest absolute Gasteiger partial charge is 0.155 e. The molecule has 0 radical (unpaired) electrons. The molecular formula is C15H27NO. The van der Waals surface area contributed by atoms with Crippen LogP contribution in [0.2, 0.25) is 0 Å². The van der Waals surface area contributed by atoms with Gasteiger partial charge in [0.15, 0.2) is 5.78 Å². The third kappa shape index (κ3) is 2.73. The van der Waals surface area contributed by atoms with Crippen LogP contribution in [0.4, 0.5) is 0 Å². The summed E-state index contributed by atoms with van der Waals surface area (Å²) in [7, 11) is 0. The van der Waals surface area contributed by atoms with Crippen LogP contribution in [0, 0.1) is 11.8 Å². The van der Waals surface area contributed by atoms with Crippen LogP contribution in [0.1, 0.15) is 65.2 Å². The van der Waals surface area contributed by atoms with Crippen LogP contribution < -0.4 is 5.32 Å². The SMILES string of the molecule is CCC1CCCCC1C(=O)C1(C)CCCCN1. The topological polar surface area (TPSA) is 29.1 Å². The van der Waals surface area contributed by atoms with Gasteiger partial charge in [0.1, 0.15) is 0 Å². The maximum Gasteiger partial charge on any atom is 0.155 e. The second-order valence-electron chi connectivity index (χ2n) is 6.14. The summed E-state index contributed by atoms with van der Waals surface area (Å²) < 4.78 is 0. The summed E-state index contributed by atoms with van der Waals surface area (Å²) in [5.74, 6) is 1.50. The van der Waals surface area contributed by atoms with E-state index in [1.807, 2.05) is 0 Å². The van der Waals surface area contributed by atoms with Gasteiger partial charge in [0.05, 0.1) is 5.54 Å². The van der Waals surface area contributed by atoms with Crippen LogP contribution in [0.5, 0.6) is 0 Å². The average Bonchev–Trinajstić information content (AvgIpc) is 2.38. The quantitative estimate of drug-likeness (QED) is 0.816. The van der Waals surface area contributed by atoms with E-state index in [1.54, 1.807) is 0 Å². The van der Waals surface area contributed by atoms with Gasteiger partial charge < -0.3 is 5.32 Å². The number of rotatable bonds is 3. The van der Waals surface area contributed by atoms with Crippen LogP contribution in [0.15, 0.2) is 0 Å². The summed E-state index contributed by atoms with van der Waals surface area (Å²) in [4.78, 5) is 12.8. The van der Waals surface area contributed by atoms with E-state index in [0.717, 1.165) is 19.4 Å². The molecule has 2 rings (SSSR count). The highest BCUT2D eigenvalue weighted by atomic mass is 16.1. The van der Waals surface area contributed by atoms with Crippen molar-refractivity contribution in [3.05, 3.63) is 0 Å². The zero-order valence-electron chi connectivity index (χ0n) is 11.4. The van der Waals surface area contributed by atoms with Gasteiger partial charge in [-0.2, -0.15) is 0 Å². The van der Waals surface area contributed by atoms with Crippen LogP contribution >= 0.6 is 0 Å². The Morgan fingerprint density at radius 3 is 2.65 bits per heavy atom. The molecule has 1 aliphatic heterocycles. The van der Waals surface area contributed by atoms with E-state index in [4.69, 9.17) is 0 Å². The van der Waals surface area contributed by atoms with E-state index in [2.05, 4.69) is 19.2 Å². The first-order valence-electron chi connectivity index (χ1n) is 7.47. The van der Waals surface area contributed by atoms with Gasteiger partial charge in [-0.05, 0) is 51.5 Å². The van der Waals surface area contributed by atoms with Crippen LogP contribution in [0.3, 0.4) is 0 Å². The standard InChI is InChI=1S/C15H27NO/c1-3-12-8-4-5-9-13(12)14(17)15(2)10-6-7-11-16-15/h12-13,16H,3-11H2,1-2H3. The van der Waals surface area contributed by atoms with Gasteiger partial charge in [-0.3, -0.25) is 4.79 Å². The Hall–Kier alpha value is -0.370. The molecular weight excluding hydrogens is 210 g/mol. The first kappa shape index (κ1) is 13.1. The first-order valence-corrected chi connectivity index (χ1v) is 7.47. The Kier molecular flexibility index (Phi) is 4.24. The number of hydrogen-bond donors (Lipinski definition) is 1. The largest absolute Gasteiger partial charge is 0.305 e. The van der Waals surface area contributed by atoms with Crippen molar-refractivity contribution in [2.75, 3.05) is 6.54 Å². The highest BCUT2D eigenvalue weighted by Crippen LogP contribution is 2.36. The van der Waals surface area contributed by atoms with Crippen molar-refractivity contribution in [1.82, 2.24) is 5.32 Å². The molecule has 1 saturated carbocycles. The molecule has 0 aromatic carbocycles. The molecule has 0 bridgehead atoms. The molecule has 3 unspecified atom stereocenters. The Morgan fingerprint density at radius 2 is 2.00 bits per heavy atom. The number of piperidine rings is 1. The highest BCUT2D eigenvalue weighted by Gasteiger charge is 2.41. The molecule has 1 saturated heterocycles. The molecule has 2 fully saturated rings. The number of carbonyl (C=O) groups excluding carboxylic acids is 1. The van der Waals surface area contributed by atoms with E-state index >= 15 is 0 Å².